The maximum Gasteiger partial charge on any atom is 0.158 e. The van der Waals surface area contributed by atoms with E-state index in [1.807, 2.05) is 13.1 Å². The van der Waals surface area contributed by atoms with E-state index in [1.165, 1.54) is 11.1 Å². The van der Waals surface area contributed by atoms with Gasteiger partial charge in [0.2, 0.25) is 0 Å². The molecule has 0 saturated heterocycles. The lowest BCUT2D eigenvalue weighted by Crippen LogP contribution is -2.05. The predicted octanol–water partition coefficient (Wildman–Crippen LogP) is 3.03. The van der Waals surface area contributed by atoms with Crippen molar-refractivity contribution in [2.45, 2.75) is 20.5 Å². The molecule has 1 aromatic heterocycles. The number of nitrogens with zero attached hydrogens (tertiary/aromatic N) is 2. The molecule has 1 aromatic carbocycles. The highest BCUT2D eigenvalue weighted by molar-refractivity contribution is 5.63. The van der Waals surface area contributed by atoms with Crippen molar-refractivity contribution in [1.82, 2.24) is 9.97 Å². The van der Waals surface area contributed by atoms with E-state index >= 15 is 0 Å². The summed E-state index contributed by atoms with van der Waals surface area (Å²) in [6.07, 6.45) is 0. The molecule has 0 radical (unpaired) electrons. The van der Waals surface area contributed by atoms with Crippen molar-refractivity contribution in [3.05, 3.63) is 41.2 Å². The van der Waals surface area contributed by atoms with Gasteiger partial charge in [-0.05, 0) is 31.0 Å². The number of anilines is 3. The molecule has 2 N–H and O–H groups in total. The van der Waals surface area contributed by atoms with Gasteiger partial charge in [0.15, 0.2) is 5.82 Å². The van der Waals surface area contributed by atoms with Crippen molar-refractivity contribution in [2.24, 2.45) is 0 Å². The van der Waals surface area contributed by atoms with E-state index in [0.717, 1.165) is 17.3 Å². The first kappa shape index (κ1) is 14.3. The number of hydrogen-bond acceptors (Lipinski definition) is 5. The van der Waals surface area contributed by atoms with Gasteiger partial charge in [0.25, 0.3) is 0 Å². The lowest BCUT2D eigenvalue weighted by molar-refractivity contribution is 0.178. The van der Waals surface area contributed by atoms with Gasteiger partial charge in [-0.3, -0.25) is 0 Å². The van der Waals surface area contributed by atoms with Crippen LogP contribution in [-0.2, 0) is 11.3 Å². The Morgan fingerprint density at radius 3 is 2.55 bits per heavy atom. The number of aryl methyl sites for hydroxylation is 2. The first-order valence-electron chi connectivity index (χ1n) is 6.51. The molecule has 0 fully saturated rings. The highest BCUT2D eigenvalue weighted by Crippen LogP contribution is 2.22. The van der Waals surface area contributed by atoms with Gasteiger partial charge in [0.05, 0.1) is 0 Å². The molecule has 1 heterocycles. The Balaban J connectivity index is 2.32. The van der Waals surface area contributed by atoms with Crippen molar-refractivity contribution >= 4 is 17.3 Å². The van der Waals surface area contributed by atoms with Crippen LogP contribution in [0.15, 0.2) is 24.3 Å². The van der Waals surface area contributed by atoms with Crippen LogP contribution in [0.4, 0.5) is 17.3 Å². The third-order valence-corrected chi connectivity index (χ3v) is 2.96. The number of methoxy groups -OCH3 is 1. The van der Waals surface area contributed by atoms with E-state index in [4.69, 9.17) is 4.74 Å². The van der Waals surface area contributed by atoms with Gasteiger partial charge in [-0.15, -0.1) is 0 Å². The molecule has 20 heavy (non-hydrogen) atoms. The van der Waals surface area contributed by atoms with Gasteiger partial charge >= 0.3 is 0 Å². The normalized spacial score (nSPS) is 10.4. The van der Waals surface area contributed by atoms with E-state index in [0.29, 0.717) is 12.4 Å². The Hall–Kier alpha value is -2.14. The number of rotatable bonds is 5. The predicted molar refractivity (Wildman–Crippen MR) is 81.5 cm³/mol. The molecule has 0 aliphatic carbocycles. The van der Waals surface area contributed by atoms with Crippen molar-refractivity contribution in [2.75, 3.05) is 24.8 Å². The summed E-state index contributed by atoms with van der Waals surface area (Å²) in [5.74, 6) is 2.16. The minimum Gasteiger partial charge on any atom is -0.377 e. The van der Waals surface area contributed by atoms with Gasteiger partial charge in [0.1, 0.15) is 18.2 Å². The summed E-state index contributed by atoms with van der Waals surface area (Å²) >= 11 is 0. The van der Waals surface area contributed by atoms with Gasteiger partial charge in [-0.2, -0.15) is 0 Å². The topological polar surface area (TPSA) is 59.1 Å². The van der Waals surface area contributed by atoms with E-state index in [-0.39, 0.29) is 0 Å². The molecule has 5 nitrogen and oxygen atoms in total. The average molecular weight is 272 g/mol. The fourth-order valence-electron chi connectivity index (χ4n) is 1.89. The van der Waals surface area contributed by atoms with E-state index in [2.05, 4.69) is 52.6 Å². The minimum atomic E-state index is 0.386. The zero-order valence-electron chi connectivity index (χ0n) is 12.3. The van der Waals surface area contributed by atoms with Crippen molar-refractivity contribution in [1.29, 1.82) is 0 Å². The smallest absolute Gasteiger partial charge is 0.158 e. The molecule has 5 heteroatoms. The lowest BCUT2D eigenvalue weighted by atomic mass is 10.1. The maximum atomic E-state index is 5.09. The molecule has 106 valence electrons. The van der Waals surface area contributed by atoms with Crippen LogP contribution in [0.25, 0.3) is 0 Å². The average Bonchev–Trinajstić information content (AvgIpc) is 2.43. The number of ether oxygens (including phenoxy) is 1. The molecule has 2 aromatic rings. The molecule has 0 amide bonds. The second-order valence-corrected chi connectivity index (χ2v) is 4.68. The minimum absolute atomic E-state index is 0.386. The second-order valence-electron chi connectivity index (χ2n) is 4.68. The molecule has 0 bridgehead atoms. The summed E-state index contributed by atoms with van der Waals surface area (Å²) in [7, 11) is 3.47. The van der Waals surface area contributed by atoms with E-state index in [9.17, 15) is 0 Å². The molecule has 0 atom stereocenters. The molecule has 0 aliphatic heterocycles. The zero-order chi connectivity index (χ0) is 14.5. The lowest BCUT2D eigenvalue weighted by Gasteiger charge is -2.12. The molecule has 0 spiro atoms. The van der Waals surface area contributed by atoms with E-state index < -0.39 is 0 Å². The summed E-state index contributed by atoms with van der Waals surface area (Å²) in [4.78, 5) is 8.79. The Kier molecular flexibility index (Phi) is 4.53. The van der Waals surface area contributed by atoms with Crippen LogP contribution in [0.2, 0.25) is 0 Å². The fourth-order valence-corrected chi connectivity index (χ4v) is 1.89. The Labute approximate surface area is 119 Å². The fraction of sp³-hybridized carbons (Fsp3) is 0.333. The van der Waals surface area contributed by atoms with Crippen LogP contribution in [-0.4, -0.2) is 24.1 Å². The molecular weight excluding hydrogens is 252 g/mol. The molecular formula is C15H20N4O. The summed E-state index contributed by atoms with van der Waals surface area (Å²) in [5, 5.41) is 6.37. The Morgan fingerprint density at radius 2 is 1.85 bits per heavy atom. The van der Waals surface area contributed by atoms with Crippen LogP contribution in [0.3, 0.4) is 0 Å². The molecule has 0 aliphatic rings. The highest BCUT2D eigenvalue weighted by Gasteiger charge is 2.06. The number of hydrogen-bond donors (Lipinski definition) is 2. The van der Waals surface area contributed by atoms with Crippen LogP contribution < -0.4 is 10.6 Å². The Morgan fingerprint density at radius 1 is 1.10 bits per heavy atom. The van der Waals surface area contributed by atoms with Crippen LogP contribution >= 0.6 is 0 Å². The van der Waals surface area contributed by atoms with Crippen LogP contribution in [0.5, 0.6) is 0 Å². The highest BCUT2D eigenvalue weighted by atomic mass is 16.5. The number of aromatic nitrogens is 2. The summed E-state index contributed by atoms with van der Waals surface area (Å²) in [6, 6.07) is 8.16. The third-order valence-electron chi connectivity index (χ3n) is 2.96. The van der Waals surface area contributed by atoms with Gasteiger partial charge in [-0.1, -0.05) is 12.1 Å². The summed E-state index contributed by atoms with van der Waals surface area (Å²) in [6.45, 7) is 4.52. The first-order valence-corrected chi connectivity index (χ1v) is 6.51. The van der Waals surface area contributed by atoms with E-state index in [1.54, 1.807) is 7.11 Å². The standard InChI is InChI=1S/C15H20N4O/c1-10-5-6-11(2)12(7-10)17-14-8-13(16-3)18-15(19-14)9-20-4/h5-8H,9H2,1-4H3,(H2,16,17,18,19). The third kappa shape index (κ3) is 3.45. The zero-order valence-corrected chi connectivity index (χ0v) is 12.3. The Bertz CT molecular complexity index is 598. The number of benzene rings is 1. The van der Waals surface area contributed by atoms with Gasteiger partial charge < -0.3 is 15.4 Å². The largest absolute Gasteiger partial charge is 0.377 e. The summed E-state index contributed by atoms with van der Waals surface area (Å²) < 4.78 is 5.09. The van der Waals surface area contributed by atoms with Crippen LogP contribution in [0, 0.1) is 13.8 Å². The maximum absolute atomic E-state index is 5.09. The van der Waals surface area contributed by atoms with Crippen molar-refractivity contribution < 1.29 is 4.74 Å². The van der Waals surface area contributed by atoms with Crippen molar-refractivity contribution in [3.63, 3.8) is 0 Å². The molecule has 0 saturated carbocycles. The van der Waals surface area contributed by atoms with Crippen LogP contribution in [0.1, 0.15) is 17.0 Å². The van der Waals surface area contributed by atoms with Crippen molar-refractivity contribution in [3.8, 4) is 0 Å². The summed E-state index contributed by atoms with van der Waals surface area (Å²) in [5.41, 5.74) is 3.43. The first-order chi connectivity index (χ1) is 9.62. The van der Waals surface area contributed by atoms with Gasteiger partial charge in [0, 0.05) is 25.9 Å². The number of nitrogens with one attached hydrogen (secondary N) is 2. The molecule has 2 rings (SSSR count). The quantitative estimate of drug-likeness (QED) is 0.876. The monoisotopic (exact) mass is 272 g/mol. The SMILES string of the molecule is CNc1cc(Nc2cc(C)ccc2C)nc(COC)n1. The molecule has 0 unspecified atom stereocenters. The second kappa shape index (κ2) is 6.34. The van der Waals surface area contributed by atoms with Gasteiger partial charge in [-0.25, -0.2) is 9.97 Å².